The topological polar surface area (TPSA) is 59.5 Å². The van der Waals surface area contributed by atoms with Gasteiger partial charge in [-0.15, -0.1) is 0 Å². The lowest BCUT2D eigenvalue weighted by atomic mass is 9.75. The fraction of sp³-hybridized carbons (Fsp3) is 0.381. The fourth-order valence-corrected chi connectivity index (χ4v) is 3.63. The van der Waals surface area contributed by atoms with Crippen LogP contribution in [0, 0.1) is 11.2 Å². The summed E-state index contributed by atoms with van der Waals surface area (Å²) in [5.74, 6) is -0.960. The number of rotatable bonds is 5. The van der Waals surface area contributed by atoms with Crippen LogP contribution in [0.15, 0.2) is 48.7 Å². The molecule has 3 rings (SSSR count). The Balaban J connectivity index is 1.89. The molecule has 0 radical (unpaired) electrons. The van der Waals surface area contributed by atoms with Gasteiger partial charge in [0.2, 0.25) is 0 Å². The van der Waals surface area contributed by atoms with Gasteiger partial charge in [-0.3, -0.25) is 14.6 Å². The SMILES string of the molecule is CCOC(=O)[C@]1(Cc2ccccc2F)CCCN(C(=O)c2ccccn2)C1. The van der Waals surface area contributed by atoms with Crippen molar-refractivity contribution in [3.8, 4) is 0 Å². The highest BCUT2D eigenvalue weighted by Gasteiger charge is 2.45. The van der Waals surface area contributed by atoms with E-state index in [0.29, 0.717) is 30.6 Å². The van der Waals surface area contributed by atoms with Crippen LogP contribution in [-0.4, -0.2) is 41.5 Å². The molecule has 5 nitrogen and oxygen atoms in total. The Morgan fingerprint density at radius 3 is 2.70 bits per heavy atom. The van der Waals surface area contributed by atoms with Gasteiger partial charge in [0.1, 0.15) is 11.5 Å². The predicted molar refractivity (Wildman–Crippen MR) is 98.5 cm³/mol. The smallest absolute Gasteiger partial charge is 0.314 e. The number of benzene rings is 1. The number of esters is 1. The Bertz CT molecular complexity index is 812. The number of carbonyl (C=O) groups is 2. The standard InChI is InChI=1S/C21H23FN2O3/c1-2-27-20(26)21(14-16-8-3-4-9-17(16)22)11-7-13-24(15-21)19(25)18-10-5-6-12-23-18/h3-6,8-10,12H,2,7,11,13-15H2,1H3/t21-/m0/s1. The Hall–Kier alpha value is -2.76. The molecule has 1 aromatic heterocycles. The molecule has 0 spiro atoms. The number of hydrogen-bond acceptors (Lipinski definition) is 4. The van der Waals surface area contributed by atoms with Crippen LogP contribution in [-0.2, 0) is 16.0 Å². The lowest BCUT2D eigenvalue weighted by Crippen LogP contribution is -2.51. The molecule has 1 aliphatic rings. The van der Waals surface area contributed by atoms with E-state index in [4.69, 9.17) is 4.74 Å². The molecule has 2 heterocycles. The molecule has 1 aliphatic heterocycles. The summed E-state index contributed by atoms with van der Waals surface area (Å²) in [5, 5.41) is 0. The van der Waals surface area contributed by atoms with E-state index >= 15 is 0 Å². The molecule has 2 aromatic rings. The molecule has 142 valence electrons. The monoisotopic (exact) mass is 370 g/mol. The summed E-state index contributed by atoms with van der Waals surface area (Å²) in [5.41, 5.74) is -0.165. The molecule has 0 aliphatic carbocycles. The molecule has 27 heavy (non-hydrogen) atoms. The lowest BCUT2D eigenvalue weighted by molar-refractivity contribution is -0.158. The molecule has 1 saturated heterocycles. The van der Waals surface area contributed by atoms with Crippen LogP contribution in [0.5, 0.6) is 0 Å². The number of halogens is 1. The van der Waals surface area contributed by atoms with Crippen molar-refractivity contribution in [2.24, 2.45) is 5.41 Å². The zero-order chi connectivity index (χ0) is 19.3. The molecule has 1 atom stereocenters. The Morgan fingerprint density at radius 1 is 1.22 bits per heavy atom. The van der Waals surface area contributed by atoms with Crippen LogP contribution in [0.3, 0.4) is 0 Å². The molecule has 1 amide bonds. The third kappa shape index (κ3) is 4.15. The van der Waals surface area contributed by atoms with Crippen LogP contribution >= 0.6 is 0 Å². The zero-order valence-electron chi connectivity index (χ0n) is 15.4. The number of pyridine rings is 1. The molecule has 6 heteroatoms. The second kappa shape index (κ2) is 8.29. The number of aromatic nitrogens is 1. The number of nitrogens with zero attached hydrogens (tertiary/aromatic N) is 2. The van der Waals surface area contributed by atoms with Gasteiger partial charge in [0.15, 0.2) is 0 Å². The fourth-order valence-electron chi connectivity index (χ4n) is 3.63. The van der Waals surface area contributed by atoms with E-state index in [2.05, 4.69) is 4.98 Å². The minimum Gasteiger partial charge on any atom is -0.466 e. The van der Waals surface area contributed by atoms with Gasteiger partial charge in [0.25, 0.3) is 5.91 Å². The highest BCUT2D eigenvalue weighted by Crippen LogP contribution is 2.36. The summed E-state index contributed by atoms with van der Waals surface area (Å²) >= 11 is 0. The Kier molecular flexibility index (Phi) is 5.84. The van der Waals surface area contributed by atoms with E-state index in [9.17, 15) is 14.0 Å². The van der Waals surface area contributed by atoms with Gasteiger partial charge >= 0.3 is 5.97 Å². The Morgan fingerprint density at radius 2 is 2.00 bits per heavy atom. The van der Waals surface area contributed by atoms with Gasteiger partial charge in [0, 0.05) is 19.3 Å². The Labute approximate surface area is 158 Å². The number of ether oxygens (including phenoxy) is 1. The third-order valence-corrected chi connectivity index (χ3v) is 4.94. The normalized spacial score (nSPS) is 19.6. The molecular weight excluding hydrogens is 347 g/mol. The van der Waals surface area contributed by atoms with Crippen LogP contribution in [0.2, 0.25) is 0 Å². The number of carbonyl (C=O) groups excluding carboxylic acids is 2. The van der Waals surface area contributed by atoms with E-state index in [1.807, 2.05) is 0 Å². The molecular formula is C21H23FN2O3. The number of likely N-dealkylation sites (tertiary alicyclic amines) is 1. The summed E-state index contributed by atoms with van der Waals surface area (Å²) in [4.78, 5) is 31.4. The van der Waals surface area contributed by atoms with Crippen molar-refractivity contribution in [3.63, 3.8) is 0 Å². The van der Waals surface area contributed by atoms with Gasteiger partial charge in [-0.2, -0.15) is 0 Å². The van der Waals surface area contributed by atoms with E-state index in [0.717, 1.165) is 0 Å². The van der Waals surface area contributed by atoms with E-state index in [1.165, 1.54) is 6.07 Å². The maximum absolute atomic E-state index is 14.2. The molecule has 0 saturated carbocycles. The minimum atomic E-state index is -0.957. The van der Waals surface area contributed by atoms with Crippen molar-refractivity contribution < 1.29 is 18.7 Å². The number of hydrogen-bond donors (Lipinski definition) is 0. The summed E-state index contributed by atoms with van der Waals surface area (Å²) in [6, 6.07) is 11.6. The molecule has 0 unspecified atom stereocenters. The first-order valence-corrected chi connectivity index (χ1v) is 9.17. The van der Waals surface area contributed by atoms with Crippen molar-refractivity contribution in [3.05, 3.63) is 65.7 Å². The molecule has 1 aromatic carbocycles. The van der Waals surface area contributed by atoms with Crippen LogP contribution in [0.4, 0.5) is 4.39 Å². The van der Waals surface area contributed by atoms with Crippen molar-refractivity contribution in [2.45, 2.75) is 26.2 Å². The number of amides is 1. The first-order valence-electron chi connectivity index (χ1n) is 9.17. The molecule has 0 bridgehead atoms. The third-order valence-electron chi connectivity index (χ3n) is 4.94. The highest BCUT2D eigenvalue weighted by molar-refractivity contribution is 5.93. The maximum Gasteiger partial charge on any atom is 0.314 e. The van der Waals surface area contributed by atoms with Gasteiger partial charge in [-0.1, -0.05) is 24.3 Å². The molecule has 0 N–H and O–H groups in total. The van der Waals surface area contributed by atoms with Gasteiger partial charge in [0.05, 0.1) is 12.0 Å². The van der Waals surface area contributed by atoms with Crippen molar-refractivity contribution >= 4 is 11.9 Å². The highest BCUT2D eigenvalue weighted by atomic mass is 19.1. The van der Waals surface area contributed by atoms with E-state index in [-0.39, 0.29) is 37.3 Å². The van der Waals surface area contributed by atoms with Crippen molar-refractivity contribution in [1.29, 1.82) is 0 Å². The van der Waals surface area contributed by atoms with Gasteiger partial charge in [-0.25, -0.2) is 4.39 Å². The van der Waals surface area contributed by atoms with Crippen LogP contribution < -0.4 is 0 Å². The predicted octanol–water partition coefficient (Wildman–Crippen LogP) is 3.25. The van der Waals surface area contributed by atoms with E-state index < -0.39 is 5.41 Å². The van der Waals surface area contributed by atoms with Gasteiger partial charge in [-0.05, 0) is 49.9 Å². The quantitative estimate of drug-likeness (QED) is 0.758. The van der Waals surface area contributed by atoms with Crippen molar-refractivity contribution in [2.75, 3.05) is 19.7 Å². The van der Waals surface area contributed by atoms with Crippen LogP contribution in [0.25, 0.3) is 0 Å². The van der Waals surface area contributed by atoms with Gasteiger partial charge < -0.3 is 9.64 Å². The minimum absolute atomic E-state index is 0.190. The second-order valence-corrected chi connectivity index (χ2v) is 6.81. The largest absolute Gasteiger partial charge is 0.466 e. The summed E-state index contributed by atoms with van der Waals surface area (Å²) in [6.07, 6.45) is 2.96. The van der Waals surface area contributed by atoms with Crippen molar-refractivity contribution in [1.82, 2.24) is 9.88 Å². The summed E-state index contributed by atoms with van der Waals surface area (Å²) in [7, 11) is 0. The summed E-state index contributed by atoms with van der Waals surface area (Å²) in [6.45, 7) is 2.71. The summed E-state index contributed by atoms with van der Waals surface area (Å²) < 4.78 is 19.6. The average molecular weight is 370 g/mol. The maximum atomic E-state index is 14.2. The van der Waals surface area contributed by atoms with E-state index in [1.54, 1.807) is 54.4 Å². The lowest BCUT2D eigenvalue weighted by Gasteiger charge is -2.41. The second-order valence-electron chi connectivity index (χ2n) is 6.81. The first-order chi connectivity index (χ1) is 13.1. The first kappa shape index (κ1) is 19.0. The van der Waals surface area contributed by atoms with Crippen LogP contribution in [0.1, 0.15) is 35.8 Å². The average Bonchev–Trinajstić information content (AvgIpc) is 2.70. The zero-order valence-corrected chi connectivity index (χ0v) is 15.4. The molecule has 1 fully saturated rings. The number of piperidine rings is 1.